The topological polar surface area (TPSA) is 69.4 Å². The van der Waals surface area contributed by atoms with Crippen LogP contribution in [0.1, 0.15) is 54.6 Å². The van der Waals surface area contributed by atoms with Crippen LogP contribution in [-0.4, -0.2) is 52.0 Å². The van der Waals surface area contributed by atoms with Crippen LogP contribution in [0.15, 0.2) is 29.1 Å². The second kappa shape index (κ2) is 8.53. The average molecular weight is 399 g/mol. The molecule has 0 radical (unpaired) electrons. The van der Waals surface area contributed by atoms with Crippen molar-refractivity contribution in [1.29, 1.82) is 0 Å². The third kappa shape index (κ3) is 4.45. The molecule has 1 atom stereocenters. The van der Waals surface area contributed by atoms with E-state index in [1.165, 1.54) is 10.2 Å². The number of methoxy groups -OCH3 is 1. The van der Waals surface area contributed by atoms with Gasteiger partial charge in [-0.1, -0.05) is 29.8 Å². The van der Waals surface area contributed by atoms with Gasteiger partial charge >= 0.3 is 5.69 Å². The summed E-state index contributed by atoms with van der Waals surface area (Å²) in [5, 5.41) is 4.67. The van der Waals surface area contributed by atoms with Gasteiger partial charge in [-0.3, -0.25) is 9.36 Å². The summed E-state index contributed by atoms with van der Waals surface area (Å²) in [4.78, 5) is 27.7. The summed E-state index contributed by atoms with van der Waals surface area (Å²) >= 11 is 0. The van der Waals surface area contributed by atoms with E-state index in [1.807, 2.05) is 34.6 Å². The molecule has 2 aromatic rings. The van der Waals surface area contributed by atoms with Crippen LogP contribution in [0.2, 0.25) is 0 Å². The number of hydrogen-bond acceptors (Lipinski definition) is 4. The number of carbonyl (C=O) groups is 1. The fraction of sp³-hybridized carbons (Fsp3) is 0.591. The number of ether oxygens (including phenoxy) is 1. The monoisotopic (exact) mass is 398 g/mol. The summed E-state index contributed by atoms with van der Waals surface area (Å²) < 4.78 is 8.54. The van der Waals surface area contributed by atoms with Gasteiger partial charge < -0.3 is 9.64 Å². The molecule has 2 heterocycles. The predicted octanol–water partition coefficient (Wildman–Crippen LogP) is 2.28. The van der Waals surface area contributed by atoms with Crippen molar-refractivity contribution >= 4 is 5.91 Å². The maximum absolute atomic E-state index is 12.9. The van der Waals surface area contributed by atoms with Gasteiger partial charge in [-0.2, -0.15) is 5.10 Å². The van der Waals surface area contributed by atoms with E-state index in [0.29, 0.717) is 26.1 Å². The lowest BCUT2D eigenvalue weighted by Gasteiger charge is -2.32. The van der Waals surface area contributed by atoms with Crippen LogP contribution in [0.4, 0.5) is 0 Å². The largest absolute Gasteiger partial charge is 0.383 e. The Morgan fingerprint density at radius 1 is 1.28 bits per heavy atom. The second-order valence-electron chi connectivity index (χ2n) is 8.30. The highest BCUT2D eigenvalue weighted by Gasteiger charge is 2.35. The summed E-state index contributed by atoms with van der Waals surface area (Å²) in [6.07, 6.45) is 4.39. The van der Waals surface area contributed by atoms with Crippen LogP contribution in [-0.2, 0) is 22.5 Å². The molecule has 0 N–H and O–H groups in total. The van der Waals surface area contributed by atoms with Crippen molar-refractivity contribution in [3.05, 3.63) is 51.7 Å². The molecule has 2 aliphatic rings. The van der Waals surface area contributed by atoms with Crippen LogP contribution < -0.4 is 5.69 Å². The van der Waals surface area contributed by atoms with Crippen molar-refractivity contribution < 1.29 is 9.53 Å². The van der Waals surface area contributed by atoms with Gasteiger partial charge in [-0.05, 0) is 38.2 Å². The van der Waals surface area contributed by atoms with Gasteiger partial charge in [-0.15, -0.1) is 0 Å². The van der Waals surface area contributed by atoms with Crippen molar-refractivity contribution in [3.8, 4) is 0 Å². The molecule has 29 heavy (non-hydrogen) atoms. The van der Waals surface area contributed by atoms with Gasteiger partial charge in [0.1, 0.15) is 5.82 Å². The number of piperidine rings is 1. The van der Waals surface area contributed by atoms with Gasteiger partial charge in [0.15, 0.2) is 0 Å². The SMILES string of the molecule is COCCn1nc(C2CCCN(C(=O)Cc3cccc(C)c3)C2)n(C2CC2)c1=O. The van der Waals surface area contributed by atoms with Gasteiger partial charge in [0.2, 0.25) is 5.91 Å². The van der Waals surface area contributed by atoms with Crippen molar-refractivity contribution in [2.24, 2.45) is 0 Å². The Morgan fingerprint density at radius 3 is 2.83 bits per heavy atom. The maximum Gasteiger partial charge on any atom is 0.346 e. The Labute approximate surface area is 171 Å². The molecule has 4 rings (SSSR count). The molecule has 0 bridgehead atoms. The molecule has 1 saturated carbocycles. The maximum atomic E-state index is 12.9. The van der Waals surface area contributed by atoms with E-state index >= 15 is 0 Å². The number of amides is 1. The quantitative estimate of drug-likeness (QED) is 0.718. The number of aromatic nitrogens is 3. The highest BCUT2D eigenvalue weighted by atomic mass is 16.5. The summed E-state index contributed by atoms with van der Waals surface area (Å²) in [5.41, 5.74) is 2.18. The highest BCUT2D eigenvalue weighted by molar-refractivity contribution is 5.79. The molecule has 1 unspecified atom stereocenters. The fourth-order valence-electron chi connectivity index (χ4n) is 4.24. The lowest BCUT2D eigenvalue weighted by Crippen LogP contribution is -2.40. The van der Waals surface area contributed by atoms with Crippen LogP contribution in [0.25, 0.3) is 0 Å². The van der Waals surface area contributed by atoms with E-state index in [1.54, 1.807) is 7.11 Å². The number of aryl methyl sites for hydroxylation is 1. The number of likely N-dealkylation sites (tertiary alicyclic amines) is 1. The molecule has 156 valence electrons. The molecule has 1 aliphatic heterocycles. The minimum Gasteiger partial charge on any atom is -0.383 e. The summed E-state index contributed by atoms with van der Waals surface area (Å²) in [6.45, 7) is 4.39. The zero-order valence-corrected chi connectivity index (χ0v) is 17.3. The Kier molecular flexibility index (Phi) is 5.85. The van der Waals surface area contributed by atoms with Gasteiger partial charge in [0.25, 0.3) is 0 Å². The first-order valence-electron chi connectivity index (χ1n) is 10.6. The first-order valence-corrected chi connectivity index (χ1v) is 10.6. The summed E-state index contributed by atoms with van der Waals surface area (Å²) in [7, 11) is 1.63. The second-order valence-corrected chi connectivity index (χ2v) is 8.30. The molecule has 1 aliphatic carbocycles. The van der Waals surface area contributed by atoms with Crippen LogP contribution in [0, 0.1) is 6.92 Å². The van der Waals surface area contributed by atoms with Gasteiger partial charge in [0.05, 0.1) is 19.6 Å². The molecule has 1 aromatic heterocycles. The lowest BCUT2D eigenvalue weighted by atomic mass is 9.96. The normalized spacial score (nSPS) is 19.5. The molecule has 7 nitrogen and oxygen atoms in total. The Hall–Kier alpha value is -2.41. The first kappa shape index (κ1) is 19.9. The van der Waals surface area contributed by atoms with Crippen LogP contribution in [0.3, 0.4) is 0 Å². The van der Waals surface area contributed by atoms with E-state index in [4.69, 9.17) is 4.74 Å². The molecule has 0 spiro atoms. The smallest absolute Gasteiger partial charge is 0.346 e. The van der Waals surface area contributed by atoms with Crippen molar-refractivity contribution in [1.82, 2.24) is 19.2 Å². The van der Waals surface area contributed by atoms with Crippen molar-refractivity contribution in [2.45, 2.75) is 57.5 Å². The number of carbonyl (C=O) groups excluding carboxylic acids is 1. The Bertz CT molecular complexity index is 928. The van der Waals surface area contributed by atoms with E-state index in [0.717, 1.165) is 43.6 Å². The molecular formula is C22H30N4O3. The minimum atomic E-state index is -0.0391. The number of benzene rings is 1. The van der Waals surface area contributed by atoms with E-state index in [2.05, 4.69) is 11.2 Å². The average Bonchev–Trinajstić information content (AvgIpc) is 3.50. The van der Waals surface area contributed by atoms with Crippen LogP contribution in [0.5, 0.6) is 0 Å². The standard InChI is InChI=1S/C22H30N4O3/c1-16-5-3-6-17(13-16)14-20(27)24-10-4-7-18(15-24)21-23-25(11-12-29-2)22(28)26(21)19-8-9-19/h3,5-6,13,18-19H,4,7-12,14-15H2,1-2H3. The third-order valence-electron chi connectivity index (χ3n) is 5.89. The van der Waals surface area contributed by atoms with E-state index < -0.39 is 0 Å². The van der Waals surface area contributed by atoms with E-state index in [9.17, 15) is 9.59 Å². The number of rotatable bonds is 7. The van der Waals surface area contributed by atoms with Gasteiger partial charge in [0, 0.05) is 32.2 Å². The number of nitrogens with zero attached hydrogens (tertiary/aromatic N) is 4. The molecule has 1 aromatic carbocycles. The zero-order valence-electron chi connectivity index (χ0n) is 17.3. The molecule has 1 saturated heterocycles. The minimum absolute atomic E-state index is 0.0391. The first-order chi connectivity index (χ1) is 14.1. The van der Waals surface area contributed by atoms with Crippen molar-refractivity contribution in [2.75, 3.05) is 26.8 Å². The highest BCUT2D eigenvalue weighted by Crippen LogP contribution is 2.37. The Balaban J connectivity index is 1.51. The Morgan fingerprint density at radius 2 is 2.10 bits per heavy atom. The lowest BCUT2D eigenvalue weighted by molar-refractivity contribution is -0.131. The molecule has 1 amide bonds. The predicted molar refractivity (Wildman–Crippen MR) is 110 cm³/mol. The van der Waals surface area contributed by atoms with Crippen molar-refractivity contribution in [3.63, 3.8) is 0 Å². The fourth-order valence-corrected chi connectivity index (χ4v) is 4.24. The summed E-state index contributed by atoms with van der Waals surface area (Å²) in [6, 6.07) is 8.39. The van der Waals surface area contributed by atoms with Gasteiger partial charge in [-0.25, -0.2) is 9.48 Å². The molecule has 7 heteroatoms. The molecular weight excluding hydrogens is 368 g/mol. The third-order valence-corrected chi connectivity index (χ3v) is 5.89. The molecule has 2 fully saturated rings. The number of hydrogen-bond donors (Lipinski definition) is 0. The summed E-state index contributed by atoms with van der Waals surface area (Å²) in [5.74, 6) is 1.11. The van der Waals surface area contributed by atoms with E-state index in [-0.39, 0.29) is 23.6 Å². The zero-order chi connectivity index (χ0) is 20.4. The van der Waals surface area contributed by atoms with Crippen LogP contribution >= 0.6 is 0 Å².